The molecule has 0 bridgehead atoms. The van der Waals surface area contributed by atoms with Gasteiger partial charge in [0.1, 0.15) is 5.82 Å². The molecule has 0 saturated heterocycles. The first-order valence-corrected chi connectivity index (χ1v) is 5.62. The molecule has 0 aliphatic rings. The van der Waals surface area contributed by atoms with Crippen molar-refractivity contribution in [2.45, 2.75) is 26.9 Å². The highest BCUT2D eigenvalue weighted by molar-refractivity contribution is 5.26. The zero-order chi connectivity index (χ0) is 12.4. The second kappa shape index (κ2) is 4.57. The van der Waals surface area contributed by atoms with E-state index < -0.39 is 0 Å². The Labute approximate surface area is 99.1 Å². The highest BCUT2D eigenvalue weighted by Crippen LogP contribution is 2.11. The van der Waals surface area contributed by atoms with Gasteiger partial charge in [0, 0.05) is 18.9 Å². The summed E-state index contributed by atoms with van der Waals surface area (Å²) in [5, 5.41) is 0. The molecule has 17 heavy (non-hydrogen) atoms. The van der Waals surface area contributed by atoms with Gasteiger partial charge in [-0.25, -0.2) is 9.18 Å². The lowest BCUT2D eigenvalue weighted by atomic mass is 10.1. The molecule has 4 heteroatoms. The number of halogens is 1. The maximum atomic E-state index is 13.1. The fourth-order valence-corrected chi connectivity index (χ4v) is 1.81. The van der Waals surface area contributed by atoms with Crippen LogP contribution in [-0.2, 0) is 13.1 Å². The zero-order valence-electron chi connectivity index (χ0n) is 9.98. The molecule has 0 unspecified atom stereocenters. The summed E-state index contributed by atoms with van der Waals surface area (Å²) >= 11 is 0. The minimum atomic E-state index is -0.270. The predicted octanol–water partition coefficient (Wildman–Crippen LogP) is 2.17. The van der Waals surface area contributed by atoms with Crippen molar-refractivity contribution < 1.29 is 4.39 Å². The smallest absolute Gasteiger partial charge is 0.300 e. The first-order valence-electron chi connectivity index (χ1n) is 5.62. The maximum absolute atomic E-state index is 13.1. The van der Waals surface area contributed by atoms with Crippen LogP contribution in [-0.4, -0.2) is 9.13 Å². The second-order valence-electron chi connectivity index (χ2n) is 4.07. The van der Waals surface area contributed by atoms with E-state index in [9.17, 15) is 9.18 Å². The Morgan fingerprint density at radius 1 is 1.24 bits per heavy atom. The van der Waals surface area contributed by atoms with Crippen molar-refractivity contribution in [3.63, 3.8) is 0 Å². The summed E-state index contributed by atoms with van der Waals surface area (Å²) in [6, 6.07) is 4.64. The van der Waals surface area contributed by atoms with E-state index in [0.29, 0.717) is 13.1 Å². The van der Waals surface area contributed by atoms with E-state index in [-0.39, 0.29) is 11.5 Å². The van der Waals surface area contributed by atoms with Crippen LogP contribution in [0.3, 0.4) is 0 Å². The first kappa shape index (κ1) is 11.6. The monoisotopic (exact) mass is 234 g/mol. The lowest BCUT2D eigenvalue weighted by Crippen LogP contribution is -2.24. The minimum Gasteiger partial charge on any atom is -0.300 e. The van der Waals surface area contributed by atoms with Gasteiger partial charge in [-0.2, -0.15) is 0 Å². The molecule has 2 aromatic rings. The number of imidazole rings is 1. The summed E-state index contributed by atoms with van der Waals surface area (Å²) in [7, 11) is 0. The van der Waals surface area contributed by atoms with Crippen molar-refractivity contribution in [3.05, 3.63) is 58.0 Å². The molecule has 0 aliphatic heterocycles. The van der Waals surface area contributed by atoms with Crippen LogP contribution in [0.15, 0.2) is 35.4 Å². The Balaban J connectivity index is 2.34. The molecule has 90 valence electrons. The summed E-state index contributed by atoms with van der Waals surface area (Å²) in [6.45, 7) is 4.89. The van der Waals surface area contributed by atoms with Crippen molar-refractivity contribution in [2.24, 2.45) is 0 Å². The van der Waals surface area contributed by atoms with Crippen LogP contribution < -0.4 is 5.69 Å². The summed E-state index contributed by atoms with van der Waals surface area (Å²) < 4.78 is 16.3. The van der Waals surface area contributed by atoms with Crippen molar-refractivity contribution >= 4 is 0 Å². The Morgan fingerprint density at radius 3 is 2.59 bits per heavy atom. The molecule has 0 spiro atoms. The number of hydrogen-bond donors (Lipinski definition) is 0. The average molecular weight is 234 g/mol. The summed E-state index contributed by atoms with van der Waals surface area (Å²) in [5.74, 6) is -0.270. The number of rotatable bonds is 3. The third kappa shape index (κ3) is 2.30. The number of benzene rings is 1. The van der Waals surface area contributed by atoms with E-state index in [4.69, 9.17) is 0 Å². The zero-order valence-corrected chi connectivity index (χ0v) is 9.98. The number of nitrogens with zero attached hydrogens (tertiary/aromatic N) is 2. The molecule has 0 radical (unpaired) electrons. The number of aryl methyl sites for hydroxylation is 2. The summed E-state index contributed by atoms with van der Waals surface area (Å²) in [5.41, 5.74) is 1.76. The fraction of sp³-hybridized carbons (Fsp3) is 0.308. The van der Waals surface area contributed by atoms with Gasteiger partial charge in [-0.1, -0.05) is 6.07 Å². The second-order valence-corrected chi connectivity index (χ2v) is 4.07. The lowest BCUT2D eigenvalue weighted by molar-refractivity contribution is 0.619. The van der Waals surface area contributed by atoms with Gasteiger partial charge in [0.25, 0.3) is 0 Å². The molecular formula is C13H15FN2O. The molecule has 0 saturated carbocycles. The molecule has 0 aliphatic carbocycles. The van der Waals surface area contributed by atoms with Gasteiger partial charge in [-0.15, -0.1) is 0 Å². The largest absolute Gasteiger partial charge is 0.328 e. The molecule has 0 N–H and O–H groups in total. The van der Waals surface area contributed by atoms with E-state index in [2.05, 4.69) is 0 Å². The first-order chi connectivity index (χ1) is 8.11. The maximum Gasteiger partial charge on any atom is 0.328 e. The Hall–Kier alpha value is -1.84. The Kier molecular flexibility index (Phi) is 3.13. The van der Waals surface area contributed by atoms with E-state index in [0.717, 1.165) is 11.1 Å². The van der Waals surface area contributed by atoms with E-state index in [1.54, 1.807) is 27.6 Å². The van der Waals surface area contributed by atoms with Crippen LogP contribution in [0.2, 0.25) is 0 Å². The molecule has 1 aromatic carbocycles. The van der Waals surface area contributed by atoms with Crippen molar-refractivity contribution in [3.8, 4) is 0 Å². The quantitative estimate of drug-likeness (QED) is 0.799. The highest BCUT2D eigenvalue weighted by Gasteiger charge is 2.05. The van der Waals surface area contributed by atoms with Crippen LogP contribution in [0, 0.1) is 12.7 Å². The molecule has 0 fully saturated rings. The van der Waals surface area contributed by atoms with Crippen LogP contribution in [0.5, 0.6) is 0 Å². The van der Waals surface area contributed by atoms with Crippen LogP contribution in [0.4, 0.5) is 4.39 Å². The van der Waals surface area contributed by atoms with Gasteiger partial charge in [-0.05, 0) is 37.1 Å². The SMILES string of the molecule is CCn1ccn(Cc2cc(F)ccc2C)c1=O. The summed E-state index contributed by atoms with van der Waals surface area (Å²) in [4.78, 5) is 11.8. The van der Waals surface area contributed by atoms with Gasteiger partial charge >= 0.3 is 5.69 Å². The predicted molar refractivity (Wildman–Crippen MR) is 64.6 cm³/mol. The summed E-state index contributed by atoms with van der Waals surface area (Å²) in [6.07, 6.45) is 3.48. The number of aromatic nitrogens is 2. The molecule has 0 atom stereocenters. The standard InChI is InChI=1S/C13H15FN2O/c1-3-15-6-7-16(13(15)17)9-11-8-12(14)5-4-10(11)2/h4-8H,3,9H2,1-2H3. The normalized spacial score (nSPS) is 10.8. The molecule has 1 heterocycles. The number of hydrogen-bond acceptors (Lipinski definition) is 1. The van der Waals surface area contributed by atoms with Crippen LogP contribution in [0.1, 0.15) is 18.1 Å². The third-order valence-corrected chi connectivity index (χ3v) is 2.91. The Bertz CT molecular complexity index is 583. The fourth-order valence-electron chi connectivity index (χ4n) is 1.81. The van der Waals surface area contributed by atoms with Gasteiger partial charge in [0.2, 0.25) is 0 Å². The molecule has 3 nitrogen and oxygen atoms in total. The molecule has 1 aromatic heterocycles. The van der Waals surface area contributed by atoms with E-state index in [1.165, 1.54) is 12.1 Å². The third-order valence-electron chi connectivity index (χ3n) is 2.91. The molecule has 0 amide bonds. The van der Waals surface area contributed by atoms with E-state index >= 15 is 0 Å². The van der Waals surface area contributed by atoms with Gasteiger partial charge < -0.3 is 0 Å². The Morgan fingerprint density at radius 2 is 1.94 bits per heavy atom. The van der Waals surface area contributed by atoms with Crippen molar-refractivity contribution in [2.75, 3.05) is 0 Å². The van der Waals surface area contributed by atoms with Crippen molar-refractivity contribution in [1.29, 1.82) is 0 Å². The van der Waals surface area contributed by atoms with Crippen molar-refractivity contribution in [1.82, 2.24) is 9.13 Å². The molecular weight excluding hydrogens is 219 g/mol. The lowest BCUT2D eigenvalue weighted by Gasteiger charge is -2.06. The topological polar surface area (TPSA) is 26.9 Å². The average Bonchev–Trinajstić information content (AvgIpc) is 2.65. The van der Waals surface area contributed by atoms with Gasteiger partial charge in [-0.3, -0.25) is 9.13 Å². The van der Waals surface area contributed by atoms with Crippen LogP contribution in [0.25, 0.3) is 0 Å². The van der Waals surface area contributed by atoms with Gasteiger partial charge in [0.15, 0.2) is 0 Å². The van der Waals surface area contributed by atoms with Gasteiger partial charge in [0.05, 0.1) is 6.54 Å². The highest BCUT2D eigenvalue weighted by atomic mass is 19.1. The molecule has 2 rings (SSSR count). The van der Waals surface area contributed by atoms with Crippen LogP contribution >= 0.6 is 0 Å². The minimum absolute atomic E-state index is 0.0591. The van der Waals surface area contributed by atoms with E-state index in [1.807, 2.05) is 13.8 Å².